The maximum atomic E-state index is 15.6. The fourth-order valence-corrected chi connectivity index (χ4v) is 5.13. The van der Waals surface area contributed by atoms with Crippen molar-refractivity contribution >= 4 is 32.5 Å². The lowest BCUT2D eigenvalue weighted by Gasteiger charge is -2.15. The first-order chi connectivity index (χ1) is 18.5. The van der Waals surface area contributed by atoms with Crippen LogP contribution in [0, 0.1) is 17.5 Å². The van der Waals surface area contributed by atoms with Crippen molar-refractivity contribution in [2.75, 3.05) is 11.8 Å². The van der Waals surface area contributed by atoms with E-state index < -0.39 is 50.2 Å². The summed E-state index contributed by atoms with van der Waals surface area (Å²) in [7, 11) is -3.21. The zero-order chi connectivity index (χ0) is 28.5. The predicted octanol–water partition coefficient (Wildman–Crippen LogP) is 4.94. The minimum absolute atomic E-state index is 0.00456. The van der Waals surface area contributed by atoms with Crippen molar-refractivity contribution in [3.8, 4) is 17.0 Å². The number of nitrogens with zero attached hydrogens (tertiary/aromatic N) is 2. The smallest absolute Gasteiger partial charge is 0.270 e. The van der Waals surface area contributed by atoms with Crippen LogP contribution in [0.1, 0.15) is 43.2 Å². The summed E-state index contributed by atoms with van der Waals surface area (Å²) in [5.41, 5.74) is -1.66. The van der Waals surface area contributed by atoms with Gasteiger partial charge >= 0.3 is 0 Å². The number of nitrogens with one attached hydrogen (secondary N) is 3. The number of halogens is 3. The zero-order valence-electron chi connectivity index (χ0n) is 21.5. The number of rotatable bonds is 9. The first-order valence-corrected chi connectivity index (χ1v) is 13.5. The zero-order valence-corrected chi connectivity index (χ0v) is 22.3. The molecule has 0 aliphatic carbocycles. The first-order valence-electron chi connectivity index (χ1n) is 12.0. The molecule has 0 bridgehead atoms. The van der Waals surface area contributed by atoms with Crippen molar-refractivity contribution in [2.24, 2.45) is 0 Å². The van der Waals surface area contributed by atoms with E-state index in [4.69, 9.17) is 4.74 Å². The molecule has 1 unspecified atom stereocenters. The van der Waals surface area contributed by atoms with Crippen LogP contribution < -0.4 is 14.8 Å². The Balaban J connectivity index is 1.77. The number of H-pyrrole nitrogens is 1. The van der Waals surface area contributed by atoms with Gasteiger partial charge in [0.1, 0.15) is 21.9 Å². The number of carbonyl (C=O) groups excluding carboxylic acids is 1. The average molecular weight is 562 g/mol. The molecule has 1 amide bonds. The van der Waals surface area contributed by atoms with Gasteiger partial charge in [0.15, 0.2) is 11.6 Å². The van der Waals surface area contributed by atoms with Gasteiger partial charge in [0.25, 0.3) is 15.9 Å². The van der Waals surface area contributed by atoms with E-state index in [-0.39, 0.29) is 33.4 Å². The molecule has 0 aliphatic heterocycles. The minimum Gasteiger partial charge on any atom is -0.480 e. The number of amides is 1. The monoisotopic (exact) mass is 561 g/mol. The van der Waals surface area contributed by atoms with Crippen molar-refractivity contribution < 1.29 is 31.1 Å². The molecule has 2 aromatic carbocycles. The standard InChI is InChI=1S/C26H26F3N5O4S/c1-5-13(3)31-25(35)24-16-8-7-15(21(28)23(16)32-33-24)20-17(27)9-10-18(22(20)29)34-39(36,37)19-11-14(6-2)12-30-26(19)38-4/h7-13,34H,5-6H2,1-4H3,(H,31,35)(H,32,33). The van der Waals surface area contributed by atoms with Gasteiger partial charge in [0.05, 0.1) is 18.4 Å². The highest BCUT2D eigenvalue weighted by Gasteiger charge is 2.27. The second-order valence-electron chi connectivity index (χ2n) is 8.80. The molecule has 0 radical (unpaired) electrons. The summed E-state index contributed by atoms with van der Waals surface area (Å²) in [6, 6.07) is 5.30. The maximum Gasteiger partial charge on any atom is 0.270 e. The summed E-state index contributed by atoms with van der Waals surface area (Å²) in [4.78, 5) is 16.2. The lowest BCUT2D eigenvalue weighted by Crippen LogP contribution is -2.32. The van der Waals surface area contributed by atoms with Gasteiger partial charge in [-0.2, -0.15) is 5.10 Å². The quantitative estimate of drug-likeness (QED) is 0.266. The molecule has 0 saturated heterocycles. The molecule has 4 rings (SSSR count). The second-order valence-corrected chi connectivity index (χ2v) is 10.4. The Kier molecular flexibility index (Phi) is 7.82. The van der Waals surface area contributed by atoms with Crippen molar-refractivity contribution in [3.05, 3.63) is 65.2 Å². The number of hydrogen-bond donors (Lipinski definition) is 3. The molecule has 0 aliphatic rings. The number of methoxy groups -OCH3 is 1. The number of aromatic nitrogens is 3. The molecular weight excluding hydrogens is 535 g/mol. The SMILES string of the molecule is CCc1cnc(OC)c(S(=O)(=O)Nc2ccc(F)c(-c3ccc4c(C(=O)NC(C)CC)[nH]nc4c3F)c2F)c1. The van der Waals surface area contributed by atoms with Crippen LogP contribution >= 0.6 is 0 Å². The van der Waals surface area contributed by atoms with Crippen LogP contribution in [0.25, 0.3) is 22.0 Å². The molecule has 0 spiro atoms. The van der Waals surface area contributed by atoms with Gasteiger partial charge in [-0.15, -0.1) is 0 Å². The summed E-state index contributed by atoms with van der Waals surface area (Å²) in [5, 5.41) is 9.16. The van der Waals surface area contributed by atoms with Crippen molar-refractivity contribution in [3.63, 3.8) is 0 Å². The van der Waals surface area contributed by atoms with Gasteiger partial charge in [-0.3, -0.25) is 14.6 Å². The summed E-state index contributed by atoms with van der Waals surface area (Å²) >= 11 is 0. The lowest BCUT2D eigenvalue weighted by atomic mass is 10.0. The molecule has 39 heavy (non-hydrogen) atoms. The molecule has 0 saturated carbocycles. The normalized spacial score (nSPS) is 12.4. The molecule has 0 fully saturated rings. The van der Waals surface area contributed by atoms with Gasteiger partial charge in [-0.05, 0) is 49.6 Å². The van der Waals surface area contributed by atoms with E-state index in [1.807, 2.05) is 6.92 Å². The van der Waals surface area contributed by atoms with Gasteiger partial charge in [-0.25, -0.2) is 26.6 Å². The van der Waals surface area contributed by atoms with E-state index in [1.165, 1.54) is 25.4 Å². The fraction of sp³-hybridized carbons (Fsp3) is 0.269. The number of sulfonamides is 1. The van der Waals surface area contributed by atoms with E-state index in [0.29, 0.717) is 18.4 Å². The highest BCUT2D eigenvalue weighted by atomic mass is 32.2. The van der Waals surface area contributed by atoms with Crippen LogP contribution in [0.4, 0.5) is 18.9 Å². The minimum atomic E-state index is -4.44. The van der Waals surface area contributed by atoms with Gasteiger partial charge in [-0.1, -0.05) is 19.9 Å². The highest BCUT2D eigenvalue weighted by Crippen LogP contribution is 2.36. The third-order valence-electron chi connectivity index (χ3n) is 6.25. The Morgan fingerprint density at radius 2 is 1.87 bits per heavy atom. The fourth-order valence-electron chi connectivity index (χ4n) is 3.90. The average Bonchev–Trinajstić information content (AvgIpc) is 3.36. The Labute approximate surface area is 222 Å². The Hall–Kier alpha value is -4.13. The first kappa shape index (κ1) is 27.9. The maximum absolute atomic E-state index is 15.6. The van der Waals surface area contributed by atoms with Crippen LogP contribution in [0.5, 0.6) is 5.88 Å². The van der Waals surface area contributed by atoms with Gasteiger partial charge in [0.2, 0.25) is 5.88 Å². The predicted molar refractivity (Wildman–Crippen MR) is 140 cm³/mol. The number of benzene rings is 2. The largest absolute Gasteiger partial charge is 0.480 e. The van der Waals surface area contributed by atoms with Crippen LogP contribution in [0.15, 0.2) is 41.4 Å². The van der Waals surface area contributed by atoms with Crippen molar-refractivity contribution in [2.45, 2.75) is 44.6 Å². The summed E-state index contributed by atoms with van der Waals surface area (Å²) < 4.78 is 79.4. The third-order valence-corrected chi connectivity index (χ3v) is 7.61. The summed E-state index contributed by atoms with van der Waals surface area (Å²) in [6.45, 7) is 5.48. The van der Waals surface area contributed by atoms with E-state index in [9.17, 15) is 17.6 Å². The lowest BCUT2D eigenvalue weighted by molar-refractivity contribution is 0.0936. The van der Waals surface area contributed by atoms with E-state index in [1.54, 1.807) is 13.8 Å². The Morgan fingerprint density at radius 1 is 1.13 bits per heavy atom. The molecule has 2 heterocycles. The Morgan fingerprint density at radius 3 is 2.54 bits per heavy atom. The number of anilines is 1. The third kappa shape index (κ3) is 5.26. The van der Waals surface area contributed by atoms with Crippen LogP contribution in [-0.4, -0.2) is 42.7 Å². The molecule has 9 nitrogen and oxygen atoms in total. The highest BCUT2D eigenvalue weighted by molar-refractivity contribution is 7.92. The number of pyridine rings is 1. The molecule has 1 atom stereocenters. The molecule has 2 aromatic heterocycles. The van der Waals surface area contributed by atoms with Crippen LogP contribution in [0.3, 0.4) is 0 Å². The number of aryl methyl sites for hydroxylation is 1. The van der Waals surface area contributed by atoms with Crippen LogP contribution in [0.2, 0.25) is 0 Å². The molecule has 206 valence electrons. The van der Waals surface area contributed by atoms with Crippen molar-refractivity contribution in [1.29, 1.82) is 0 Å². The summed E-state index contributed by atoms with van der Waals surface area (Å²) in [6.07, 6.45) is 2.59. The molecular formula is C26H26F3N5O4S. The molecule has 4 aromatic rings. The summed E-state index contributed by atoms with van der Waals surface area (Å²) in [5.74, 6) is -4.30. The molecule has 13 heteroatoms. The number of carbonyl (C=O) groups is 1. The number of aromatic amines is 1. The number of fused-ring (bicyclic) bond motifs is 1. The van der Waals surface area contributed by atoms with E-state index in [0.717, 1.165) is 18.2 Å². The van der Waals surface area contributed by atoms with Gasteiger partial charge < -0.3 is 10.1 Å². The van der Waals surface area contributed by atoms with E-state index in [2.05, 4.69) is 25.2 Å². The Bertz CT molecular complexity index is 1670. The van der Waals surface area contributed by atoms with Gasteiger partial charge in [0, 0.05) is 23.2 Å². The van der Waals surface area contributed by atoms with Crippen molar-refractivity contribution in [1.82, 2.24) is 20.5 Å². The molecule has 3 N–H and O–H groups in total. The van der Waals surface area contributed by atoms with Crippen LogP contribution in [-0.2, 0) is 16.4 Å². The van der Waals surface area contributed by atoms with E-state index >= 15 is 8.78 Å². The number of ether oxygens (including phenoxy) is 1. The number of hydrogen-bond acceptors (Lipinski definition) is 6. The second kappa shape index (κ2) is 10.9. The topological polar surface area (TPSA) is 126 Å².